The molecule has 0 heterocycles. The number of amides is 1. The van der Waals surface area contributed by atoms with Gasteiger partial charge in [0.25, 0.3) is 0 Å². The van der Waals surface area contributed by atoms with Crippen LogP contribution in [0.15, 0.2) is 42.5 Å². The molecule has 0 saturated heterocycles. The van der Waals surface area contributed by atoms with Crippen LogP contribution in [0.25, 0.3) is 0 Å². The molecule has 0 saturated carbocycles. The third kappa shape index (κ3) is 6.10. The van der Waals surface area contributed by atoms with E-state index in [9.17, 15) is 4.79 Å². The maximum atomic E-state index is 12.4. The van der Waals surface area contributed by atoms with E-state index in [1.165, 1.54) is 16.7 Å². The zero-order valence-corrected chi connectivity index (χ0v) is 17.3. The highest BCUT2D eigenvalue weighted by Gasteiger charge is 2.11. The van der Waals surface area contributed by atoms with E-state index >= 15 is 0 Å². The minimum absolute atomic E-state index is 0.00151. The van der Waals surface area contributed by atoms with Gasteiger partial charge in [-0.05, 0) is 62.2 Å². The summed E-state index contributed by atoms with van der Waals surface area (Å²) in [5, 5.41) is 6.39. The molecule has 2 aromatic carbocycles. The zero-order chi connectivity index (χ0) is 19.8. The Kier molecular flexibility index (Phi) is 7.86. The first-order valence-corrected chi connectivity index (χ1v) is 9.85. The van der Waals surface area contributed by atoms with Crippen LogP contribution in [-0.4, -0.2) is 30.4 Å². The van der Waals surface area contributed by atoms with Gasteiger partial charge in [0.2, 0.25) is 5.91 Å². The Balaban J connectivity index is 1.94. The first-order chi connectivity index (χ1) is 12.9. The molecular formula is C23H33N3O. The first kappa shape index (κ1) is 21.0. The van der Waals surface area contributed by atoms with Gasteiger partial charge in [0.05, 0.1) is 12.6 Å². The largest absolute Gasteiger partial charge is 0.376 e. The Hall–Kier alpha value is -2.33. The number of hydrogen-bond donors (Lipinski definition) is 2. The van der Waals surface area contributed by atoms with Crippen LogP contribution in [0.1, 0.15) is 49.1 Å². The molecule has 0 aromatic heterocycles. The fourth-order valence-electron chi connectivity index (χ4n) is 3.10. The van der Waals surface area contributed by atoms with E-state index in [-0.39, 0.29) is 18.5 Å². The highest BCUT2D eigenvalue weighted by molar-refractivity contribution is 5.81. The SMILES string of the molecule is CCN(CC)Cc1ccccc1NCC(=O)NC(C)c1ccc(C)c(C)c1. The van der Waals surface area contributed by atoms with Gasteiger partial charge in [-0.25, -0.2) is 0 Å². The molecule has 0 aliphatic carbocycles. The van der Waals surface area contributed by atoms with E-state index < -0.39 is 0 Å². The number of nitrogens with one attached hydrogen (secondary N) is 2. The van der Waals surface area contributed by atoms with Gasteiger partial charge in [-0.15, -0.1) is 0 Å². The third-order valence-corrected chi connectivity index (χ3v) is 5.15. The first-order valence-electron chi connectivity index (χ1n) is 9.85. The van der Waals surface area contributed by atoms with Crippen molar-refractivity contribution in [3.8, 4) is 0 Å². The van der Waals surface area contributed by atoms with Crippen LogP contribution >= 0.6 is 0 Å². The summed E-state index contributed by atoms with van der Waals surface area (Å²) >= 11 is 0. The second-order valence-electron chi connectivity index (χ2n) is 7.10. The molecule has 4 nitrogen and oxygen atoms in total. The van der Waals surface area contributed by atoms with Gasteiger partial charge >= 0.3 is 0 Å². The standard InChI is InChI=1S/C23H33N3O/c1-6-26(7-2)16-21-10-8-9-11-22(21)24-15-23(27)25-19(5)20-13-12-17(3)18(4)14-20/h8-14,19,24H,6-7,15-16H2,1-5H3,(H,25,27). The average Bonchev–Trinajstić information content (AvgIpc) is 2.67. The van der Waals surface area contributed by atoms with E-state index in [1.54, 1.807) is 0 Å². The van der Waals surface area contributed by atoms with Crippen LogP contribution in [0.2, 0.25) is 0 Å². The van der Waals surface area contributed by atoms with Crippen molar-refractivity contribution in [1.82, 2.24) is 10.2 Å². The van der Waals surface area contributed by atoms with Crippen LogP contribution in [0.5, 0.6) is 0 Å². The summed E-state index contributed by atoms with van der Waals surface area (Å²) in [5.41, 5.74) is 5.89. The number of para-hydroxylation sites is 1. The number of hydrogen-bond acceptors (Lipinski definition) is 3. The highest BCUT2D eigenvalue weighted by atomic mass is 16.1. The summed E-state index contributed by atoms with van der Waals surface area (Å²) in [7, 11) is 0. The lowest BCUT2D eigenvalue weighted by Crippen LogP contribution is -2.32. The smallest absolute Gasteiger partial charge is 0.239 e. The Labute approximate surface area is 164 Å². The minimum Gasteiger partial charge on any atom is -0.376 e. The second kappa shape index (κ2) is 10.1. The topological polar surface area (TPSA) is 44.4 Å². The van der Waals surface area contributed by atoms with Crippen LogP contribution < -0.4 is 10.6 Å². The van der Waals surface area contributed by atoms with Gasteiger partial charge in [0.15, 0.2) is 0 Å². The molecule has 0 bridgehead atoms. The molecule has 0 radical (unpaired) electrons. The number of aryl methyl sites for hydroxylation is 2. The van der Waals surface area contributed by atoms with Gasteiger partial charge in [-0.2, -0.15) is 0 Å². The lowest BCUT2D eigenvalue weighted by Gasteiger charge is -2.21. The molecule has 0 spiro atoms. The van der Waals surface area contributed by atoms with Crippen molar-refractivity contribution in [2.24, 2.45) is 0 Å². The zero-order valence-electron chi connectivity index (χ0n) is 17.3. The molecule has 2 rings (SSSR count). The van der Waals surface area contributed by atoms with Crippen molar-refractivity contribution in [2.45, 2.75) is 47.2 Å². The molecule has 4 heteroatoms. The van der Waals surface area contributed by atoms with Gasteiger partial charge in [-0.3, -0.25) is 9.69 Å². The van der Waals surface area contributed by atoms with E-state index in [1.807, 2.05) is 25.1 Å². The van der Waals surface area contributed by atoms with E-state index in [4.69, 9.17) is 0 Å². The van der Waals surface area contributed by atoms with Crippen LogP contribution in [-0.2, 0) is 11.3 Å². The average molecular weight is 368 g/mol. The molecule has 2 aromatic rings. The predicted octanol–water partition coefficient (Wildman–Crippen LogP) is 4.43. The number of nitrogens with zero attached hydrogens (tertiary/aromatic N) is 1. The van der Waals surface area contributed by atoms with Gasteiger partial charge < -0.3 is 10.6 Å². The van der Waals surface area contributed by atoms with E-state index in [0.717, 1.165) is 30.9 Å². The van der Waals surface area contributed by atoms with Crippen molar-refractivity contribution in [3.63, 3.8) is 0 Å². The van der Waals surface area contributed by atoms with Crippen molar-refractivity contribution in [3.05, 3.63) is 64.7 Å². The molecule has 146 valence electrons. The van der Waals surface area contributed by atoms with Crippen LogP contribution in [0.3, 0.4) is 0 Å². The molecule has 1 amide bonds. The van der Waals surface area contributed by atoms with Gasteiger partial charge in [0.1, 0.15) is 0 Å². The number of rotatable bonds is 9. The quantitative estimate of drug-likeness (QED) is 0.689. The summed E-state index contributed by atoms with van der Waals surface area (Å²) < 4.78 is 0. The van der Waals surface area contributed by atoms with Crippen molar-refractivity contribution < 1.29 is 4.79 Å². The lowest BCUT2D eigenvalue weighted by atomic mass is 10.0. The van der Waals surface area contributed by atoms with Crippen LogP contribution in [0.4, 0.5) is 5.69 Å². The third-order valence-electron chi connectivity index (χ3n) is 5.15. The molecule has 1 unspecified atom stereocenters. The molecule has 1 atom stereocenters. The molecule has 0 aliphatic heterocycles. The van der Waals surface area contributed by atoms with E-state index in [0.29, 0.717) is 0 Å². The van der Waals surface area contributed by atoms with Crippen molar-refractivity contribution in [1.29, 1.82) is 0 Å². The molecule has 27 heavy (non-hydrogen) atoms. The van der Waals surface area contributed by atoms with Gasteiger partial charge in [0, 0.05) is 12.2 Å². The molecular weight excluding hydrogens is 334 g/mol. The fraction of sp³-hybridized carbons (Fsp3) is 0.435. The summed E-state index contributed by atoms with van der Waals surface area (Å²) in [5.74, 6) is -0.00151. The van der Waals surface area contributed by atoms with Crippen LogP contribution in [0, 0.1) is 13.8 Å². The summed E-state index contributed by atoms with van der Waals surface area (Å²) in [6.45, 7) is 13.7. The minimum atomic E-state index is -0.00971. The Bertz CT molecular complexity index is 753. The maximum absolute atomic E-state index is 12.4. The number of carbonyl (C=O) groups excluding carboxylic acids is 1. The predicted molar refractivity (Wildman–Crippen MR) is 114 cm³/mol. The highest BCUT2D eigenvalue weighted by Crippen LogP contribution is 2.18. The van der Waals surface area contributed by atoms with Crippen molar-refractivity contribution in [2.75, 3.05) is 25.0 Å². The second-order valence-corrected chi connectivity index (χ2v) is 7.10. The van der Waals surface area contributed by atoms with E-state index in [2.05, 4.69) is 67.5 Å². The summed E-state index contributed by atoms with van der Waals surface area (Å²) in [4.78, 5) is 14.8. The normalized spacial score (nSPS) is 12.1. The maximum Gasteiger partial charge on any atom is 0.239 e. The summed E-state index contributed by atoms with van der Waals surface area (Å²) in [6.07, 6.45) is 0. The van der Waals surface area contributed by atoms with Gasteiger partial charge in [-0.1, -0.05) is 50.2 Å². The fourth-order valence-corrected chi connectivity index (χ4v) is 3.10. The number of carbonyl (C=O) groups is 1. The van der Waals surface area contributed by atoms with Crippen molar-refractivity contribution >= 4 is 11.6 Å². The Morgan fingerprint density at radius 1 is 1.04 bits per heavy atom. The monoisotopic (exact) mass is 367 g/mol. The molecule has 2 N–H and O–H groups in total. The molecule has 0 aliphatic rings. The summed E-state index contributed by atoms with van der Waals surface area (Å²) in [6, 6.07) is 14.5. The Morgan fingerprint density at radius 2 is 1.74 bits per heavy atom. The Morgan fingerprint density at radius 3 is 2.41 bits per heavy atom. The lowest BCUT2D eigenvalue weighted by molar-refractivity contribution is -0.120. The number of benzene rings is 2. The molecule has 0 fully saturated rings. The number of anilines is 1.